The van der Waals surface area contributed by atoms with E-state index < -0.39 is 11.1 Å². The molecule has 0 aliphatic rings. The average molecular weight is 309 g/mol. The van der Waals surface area contributed by atoms with E-state index in [0.29, 0.717) is 23.1 Å². The second-order valence-electron chi connectivity index (χ2n) is 5.32. The molecule has 6 heteroatoms. The van der Waals surface area contributed by atoms with E-state index in [1.165, 1.54) is 0 Å². The van der Waals surface area contributed by atoms with Gasteiger partial charge in [-0.05, 0) is 23.8 Å². The van der Waals surface area contributed by atoms with Crippen molar-refractivity contribution in [1.82, 2.24) is 14.9 Å². The topological polar surface area (TPSA) is 86.0 Å². The Morgan fingerprint density at radius 2 is 1.61 bits per heavy atom. The molecule has 1 amide bonds. The summed E-state index contributed by atoms with van der Waals surface area (Å²) in [6, 6.07) is 14.5. The lowest BCUT2D eigenvalue weighted by atomic mass is 10.1. The summed E-state index contributed by atoms with van der Waals surface area (Å²) in [6.45, 7) is 0.486. The number of rotatable bonds is 3. The Bertz CT molecular complexity index is 974. The third-order valence-corrected chi connectivity index (χ3v) is 3.58. The van der Waals surface area contributed by atoms with Crippen LogP contribution in [-0.2, 0) is 6.54 Å². The Morgan fingerprint density at radius 1 is 0.957 bits per heavy atom. The highest BCUT2D eigenvalue weighted by Crippen LogP contribution is 2.12. The third-order valence-electron chi connectivity index (χ3n) is 3.58. The van der Waals surface area contributed by atoms with E-state index in [1.807, 2.05) is 30.3 Å². The summed E-state index contributed by atoms with van der Waals surface area (Å²) in [5.74, 6) is -0.164. The first-order valence-electron chi connectivity index (χ1n) is 7.10. The van der Waals surface area contributed by atoms with Crippen molar-refractivity contribution in [2.24, 2.45) is 0 Å². The highest BCUT2D eigenvalue weighted by Gasteiger charge is 2.13. The number of H-pyrrole nitrogens is 2. The standard InChI is InChI=1S/C17H15N3O3/c1-20(10-11-5-3-2-4-6-11)17(23)12-7-8-13-14(9-12)19-16(22)15(21)18-13/h2-9H,10H2,1H3,(H,18,21)(H,19,22). The molecule has 23 heavy (non-hydrogen) atoms. The second-order valence-corrected chi connectivity index (χ2v) is 5.32. The number of hydrogen-bond acceptors (Lipinski definition) is 3. The van der Waals surface area contributed by atoms with Gasteiger partial charge in [-0.15, -0.1) is 0 Å². The van der Waals surface area contributed by atoms with E-state index in [0.717, 1.165) is 5.56 Å². The molecular formula is C17H15N3O3. The highest BCUT2D eigenvalue weighted by atomic mass is 16.2. The summed E-state index contributed by atoms with van der Waals surface area (Å²) in [5, 5.41) is 0. The Kier molecular flexibility index (Phi) is 3.80. The minimum Gasteiger partial charge on any atom is -0.337 e. The van der Waals surface area contributed by atoms with Gasteiger partial charge in [-0.2, -0.15) is 0 Å². The van der Waals surface area contributed by atoms with E-state index in [1.54, 1.807) is 30.1 Å². The molecule has 0 bridgehead atoms. The number of benzene rings is 2. The van der Waals surface area contributed by atoms with Crippen molar-refractivity contribution in [2.75, 3.05) is 7.05 Å². The van der Waals surface area contributed by atoms with Crippen molar-refractivity contribution >= 4 is 16.9 Å². The quantitative estimate of drug-likeness (QED) is 0.719. The number of carbonyl (C=O) groups is 1. The maximum absolute atomic E-state index is 12.5. The molecule has 0 fully saturated rings. The molecule has 2 aromatic carbocycles. The molecular weight excluding hydrogens is 294 g/mol. The molecule has 0 saturated heterocycles. The molecule has 0 spiro atoms. The zero-order valence-corrected chi connectivity index (χ0v) is 12.5. The summed E-state index contributed by atoms with van der Waals surface area (Å²) in [5.41, 5.74) is 0.934. The van der Waals surface area contributed by atoms with E-state index in [2.05, 4.69) is 9.97 Å². The van der Waals surface area contributed by atoms with Crippen LogP contribution < -0.4 is 11.1 Å². The van der Waals surface area contributed by atoms with Crippen molar-refractivity contribution in [1.29, 1.82) is 0 Å². The van der Waals surface area contributed by atoms with Crippen molar-refractivity contribution < 1.29 is 4.79 Å². The van der Waals surface area contributed by atoms with Crippen molar-refractivity contribution in [3.05, 3.63) is 80.4 Å². The molecule has 3 aromatic rings. The fraction of sp³-hybridized carbons (Fsp3) is 0.118. The van der Waals surface area contributed by atoms with E-state index in [9.17, 15) is 14.4 Å². The Labute approximate surface area is 131 Å². The third kappa shape index (κ3) is 3.06. The molecule has 3 rings (SSSR count). The predicted molar refractivity (Wildman–Crippen MR) is 87.4 cm³/mol. The van der Waals surface area contributed by atoms with E-state index in [-0.39, 0.29) is 5.91 Å². The highest BCUT2D eigenvalue weighted by molar-refractivity contribution is 5.97. The van der Waals surface area contributed by atoms with Gasteiger partial charge in [0.05, 0.1) is 11.0 Å². The number of nitrogens with one attached hydrogen (secondary N) is 2. The van der Waals surface area contributed by atoms with Crippen LogP contribution in [-0.4, -0.2) is 27.8 Å². The average Bonchev–Trinajstić information content (AvgIpc) is 2.55. The number of hydrogen-bond donors (Lipinski definition) is 2. The van der Waals surface area contributed by atoms with Crippen LogP contribution >= 0.6 is 0 Å². The second kappa shape index (κ2) is 5.92. The van der Waals surface area contributed by atoms with Crippen LogP contribution in [0.15, 0.2) is 58.1 Å². The molecule has 0 radical (unpaired) electrons. The van der Waals surface area contributed by atoms with Gasteiger partial charge in [-0.25, -0.2) is 0 Å². The van der Waals surface area contributed by atoms with Gasteiger partial charge in [-0.3, -0.25) is 14.4 Å². The number of nitrogens with zero attached hydrogens (tertiary/aromatic N) is 1. The maximum atomic E-state index is 12.5. The van der Waals surface area contributed by atoms with E-state index >= 15 is 0 Å². The lowest BCUT2D eigenvalue weighted by Gasteiger charge is -2.17. The summed E-state index contributed by atoms with van der Waals surface area (Å²) < 4.78 is 0. The lowest BCUT2D eigenvalue weighted by Crippen LogP contribution is -2.29. The van der Waals surface area contributed by atoms with Crippen molar-refractivity contribution in [2.45, 2.75) is 6.54 Å². The number of carbonyl (C=O) groups excluding carboxylic acids is 1. The fourth-order valence-electron chi connectivity index (χ4n) is 2.40. The molecule has 116 valence electrons. The maximum Gasteiger partial charge on any atom is 0.314 e. The summed E-state index contributed by atoms with van der Waals surface area (Å²) in [7, 11) is 1.72. The number of aromatic amines is 2. The molecule has 2 N–H and O–H groups in total. The van der Waals surface area contributed by atoms with Crippen molar-refractivity contribution in [3.63, 3.8) is 0 Å². The Morgan fingerprint density at radius 3 is 2.30 bits per heavy atom. The largest absolute Gasteiger partial charge is 0.337 e. The summed E-state index contributed by atoms with van der Waals surface area (Å²) >= 11 is 0. The van der Waals surface area contributed by atoms with Gasteiger partial charge in [0, 0.05) is 19.2 Å². The summed E-state index contributed by atoms with van der Waals surface area (Å²) in [4.78, 5) is 41.7. The molecule has 0 aliphatic carbocycles. The van der Waals surface area contributed by atoms with Crippen LogP contribution in [0.5, 0.6) is 0 Å². The molecule has 1 aromatic heterocycles. The molecule has 0 saturated carbocycles. The van der Waals surface area contributed by atoms with Gasteiger partial charge in [-0.1, -0.05) is 30.3 Å². The fourth-order valence-corrected chi connectivity index (χ4v) is 2.40. The normalized spacial score (nSPS) is 10.7. The molecule has 0 unspecified atom stereocenters. The number of aromatic nitrogens is 2. The van der Waals surface area contributed by atoms with Gasteiger partial charge in [0.1, 0.15) is 0 Å². The monoisotopic (exact) mass is 309 g/mol. The van der Waals surface area contributed by atoms with Gasteiger partial charge in [0.2, 0.25) is 0 Å². The zero-order valence-electron chi connectivity index (χ0n) is 12.5. The molecule has 0 aliphatic heterocycles. The first-order chi connectivity index (χ1) is 11.0. The van der Waals surface area contributed by atoms with Crippen molar-refractivity contribution in [3.8, 4) is 0 Å². The predicted octanol–water partition coefficient (Wildman–Crippen LogP) is 1.49. The Balaban J connectivity index is 1.90. The minimum absolute atomic E-state index is 0.164. The van der Waals surface area contributed by atoms with Gasteiger partial charge in [0.15, 0.2) is 0 Å². The Hall–Kier alpha value is -3.15. The van der Waals surface area contributed by atoms with Crippen LogP contribution in [0.3, 0.4) is 0 Å². The van der Waals surface area contributed by atoms with Crippen LogP contribution in [0, 0.1) is 0 Å². The molecule has 6 nitrogen and oxygen atoms in total. The first-order valence-corrected chi connectivity index (χ1v) is 7.10. The smallest absolute Gasteiger partial charge is 0.314 e. The van der Waals surface area contributed by atoms with E-state index in [4.69, 9.17) is 0 Å². The SMILES string of the molecule is CN(Cc1ccccc1)C(=O)c1ccc2[nH]c(=O)c(=O)[nH]c2c1. The minimum atomic E-state index is -0.736. The molecule has 1 heterocycles. The van der Waals surface area contributed by atoms with Crippen LogP contribution in [0.1, 0.15) is 15.9 Å². The van der Waals surface area contributed by atoms with Gasteiger partial charge < -0.3 is 14.9 Å². The van der Waals surface area contributed by atoms with Crippen LogP contribution in [0.2, 0.25) is 0 Å². The lowest BCUT2D eigenvalue weighted by molar-refractivity contribution is 0.0785. The first kappa shape index (κ1) is 14.8. The number of fused-ring (bicyclic) bond motifs is 1. The van der Waals surface area contributed by atoms with Gasteiger partial charge in [0.25, 0.3) is 5.91 Å². The molecule has 0 atom stereocenters. The zero-order chi connectivity index (χ0) is 16.4. The van der Waals surface area contributed by atoms with Gasteiger partial charge >= 0.3 is 11.1 Å². The number of amides is 1. The summed E-state index contributed by atoms with van der Waals surface area (Å²) in [6.07, 6.45) is 0. The van der Waals surface area contributed by atoms with Crippen LogP contribution in [0.25, 0.3) is 11.0 Å². The van der Waals surface area contributed by atoms with Crippen LogP contribution in [0.4, 0.5) is 0 Å².